The van der Waals surface area contributed by atoms with Crippen molar-refractivity contribution in [1.29, 1.82) is 0 Å². The van der Waals surface area contributed by atoms with Gasteiger partial charge in [-0.1, -0.05) is 23.6 Å². The predicted octanol–water partition coefficient (Wildman–Crippen LogP) is 6.38. The fourth-order valence-electron chi connectivity index (χ4n) is 2.86. The van der Waals surface area contributed by atoms with Gasteiger partial charge < -0.3 is 19.8 Å². The van der Waals surface area contributed by atoms with E-state index < -0.39 is 17.7 Å². The minimum atomic E-state index is -0.599. The highest BCUT2D eigenvalue weighted by Crippen LogP contribution is 2.36. The molecule has 6 nitrogen and oxygen atoms in total. The summed E-state index contributed by atoms with van der Waals surface area (Å²) in [6.07, 6.45) is -0.203. The van der Waals surface area contributed by atoms with Crippen molar-refractivity contribution in [3.63, 3.8) is 0 Å². The van der Waals surface area contributed by atoms with Crippen LogP contribution >= 0.6 is 38.9 Å². The molecular formula is C22H23BrClN3O3S. The van der Waals surface area contributed by atoms with E-state index in [1.807, 2.05) is 32.2 Å². The number of nitrogens with one attached hydrogen (secondary N) is 2. The van der Waals surface area contributed by atoms with Crippen molar-refractivity contribution in [2.75, 3.05) is 5.32 Å². The molecular weight excluding hydrogens is 502 g/mol. The molecule has 2 N–H and O–H groups in total. The number of amides is 1. The Morgan fingerprint density at radius 2 is 2.23 bits per heavy atom. The number of anilines is 1. The lowest BCUT2D eigenvalue weighted by molar-refractivity contribution is 0.0515. The summed E-state index contributed by atoms with van der Waals surface area (Å²) in [4.78, 5) is 17.8. The van der Waals surface area contributed by atoms with Gasteiger partial charge in [-0.05, 0) is 55.1 Å². The van der Waals surface area contributed by atoms with Crippen LogP contribution in [0.2, 0.25) is 5.15 Å². The number of hydrogen-bond acceptors (Lipinski definition) is 6. The quantitative estimate of drug-likeness (QED) is 0.289. The molecule has 0 aromatic carbocycles. The number of carbonyl (C=O) groups excluding carboxylic acids is 1. The number of halogens is 2. The third kappa shape index (κ3) is 6.39. The summed E-state index contributed by atoms with van der Waals surface area (Å²) in [5.41, 5.74) is 1.34. The average Bonchev–Trinajstić information content (AvgIpc) is 3.28. The van der Waals surface area contributed by atoms with Crippen molar-refractivity contribution in [2.24, 2.45) is 0 Å². The van der Waals surface area contributed by atoms with Gasteiger partial charge in [-0.3, -0.25) is 0 Å². The van der Waals surface area contributed by atoms with Crippen molar-refractivity contribution in [2.45, 2.75) is 52.3 Å². The minimum absolute atomic E-state index is 0.332. The van der Waals surface area contributed by atoms with Gasteiger partial charge in [0.15, 0.2) is 5.58 Å². The van der Waals surface area contributed by atoms with Crippen LogP contribution in [-0.2, 0) is 17.7 Å². The number of aromatic nitrogens is 1. The molecule has 31 heavy (non-hydrogen) atoms. The summed E-state index contributed by atoms with van der Waals surface area (Å²) in [5.74, 6) is 6.43. The van der Waals surface area contributed by atoms with Crippen molar-refractivity contribution in [1.82, 2.24) is 10.3 Å². The number of alkyl carbamates (subject to hydrolysis) is 1. The molecule has 3 aromatic rings. The van der Waals surface area contributed by atoms with Crippen LogP contribution in [0.15, 0.2) is 32.5 Å². The molecule has 1 amide bonds. The van der Waals surface area contributed by atoms with E-state index in [2.05, 4.69) is 49.5 Å². The average molecular weight is 525 g/mol. The van der Waals surface area contributed by atoms with Crippen LogP contribution in [0.3, 0.4) is 0 Å². The van der Waals surface area contributed by atoms with Crippen molar-refractivity contribution < 1.29 is 13.9 Å². The van der Waals surface area contributed by atoms with Crippen molar-refractivity contribution >= 4 is 61.7 Å². The zero-order valence-corrected chi connectivity index (χ0v) is 20.8. The molecule has 0 aliphatic rings. The number of carbonyl (C=O) groups is 1. The number of rotatable bonds is 6. The number of nitrogens with zero attached hydrogens (tertiary/aromatic N) is 1. The van der Waals surface area contributed by atoms with Crippen LogP contribution in [0.5, 0.6) is 0 Å². The van der Waals surface area contributed by atoms with Gasteiger partial charge in [0.2, 0.25) is 0 Å². The van der Waals surface area contributed by atoms with Crippen LogP contribution in [0, 0.1) is 11.8 Å². The van der Waals surface area contributed by atoms with E-state index in [0.29, 0.717) is 39.5 Å². The molecule has 1 unspecified atom stereocenters. The maximum absolute atomic E-state index is 12.2. The first-order chi connectivity index (χ1) is 14.7. The Morgan fingerprint density at radius 1 is 1.45 bits per heavy atom. The number of ether oxygens (including phenoxy) is 1. The number of fused-ring (bicyclic) bond motifs is 1. The SMILES string of the molecule is CC#CC(Cc1oc2c(NCc3cccs3)cc(Cl)nc2c1Br)NC(=O)OC(C)(C)C. The van der Waals surface area contributed by atoms with E-state index in [0.717, 1.165) is 5.69 Å². The van der Waals surface area contributed by atoms with Gasteiger partial charge in [-0.25, -0.2) is 9.78 Å². The van der Waals surface area contributed by atoms with E-state index >= 15 is 0 Å². The number of hydrogen-bond donors (Lipinski definition) is 2. The molecule has 0 saturated carbocycles. The van der Waals surface area contributed by atoms with Gasteiger partial charge in [0.25, 0.3) is 0 Å². The molecule has 3 aromatic heterocycles. The van der Waals surface area contributed by atoms with Gasteiger partial charge >= 0.3 is 6.09 Å². The first-order valence-electron chi connectivity index (χ1n) is 9.61. The molecule has 0 aliphatic heterocycles. The molecule has 0 saturated heterocycles. The number of pyridine rings is 1. The fraction of sp³-hybridized carbons (Fsp3) is 0.364. The second kappa shape index (κ2) is 9.94. The fourth-order valence-corrected chi connectivity index (χ4v) is 4.21. The molecule has 1 atom stereocenters. The molecule has 3 rings (SSSR count). The highest BCUT2D eigenvalue weighted by atomic mass is 79.9. The summed E-state index contributed by atoms with van der Waals surface area (Å²) in [5, 5.41) is 8.53. The Kier molecular flexibility index (Phi) is 7.52. The van der Waals surface area contributed by atoms with Crippen LogP contribution < -0.4 is 10.6 Å². The van der Waals surface area contributed by atoms with E-state index in [1.165, 1.54) is 4.88 Å². The molecule has 3 heterocycles. The maximum atomic E-state index is 12.2. The molecule has 164 valence electrons. The summed E-state index contributed by atoms with van der Waals surface area (Å²) >= 11 is 11.5. The highest BCUT2D eigenvalue weighted by Gasteiger charge is 2.23. The smallest absolute Gasteiger partial charge is 0.408 e. The lowest BCUT2D eigenvalue weighted by Gasteiger charge is -2.21. The van der Waals surface area contributed by atoms with Crippen molar-refractivity contribution in [3.05, 3.63) is 43.8 Å². The lowest BCUT2D eigenvalue weighted by atomic mass is 10.1. The van der Waals surface area contributed by atoms with E-state index in [1.54, 1.807) is 24.3 Å². The predicted molar refractivity (Wildman–Crippen MR) is 129 cm³/mol. The third-order valence-electron chi connectivity index (χ3n) is 4.05. The Balaban J connectivity index is 1.85. The molecule has 0 fully saturated rings. The maximum Gasteiger partial charge on any atom is 0.408 e. The largest absolute Gasteiger partial charge is 0.456 e. The monoisotopic (exact) mass is 523 g/mol. The second-order valence-electron chi connectivity index (χ2n) is 7.74. The molecule has 0 spiro atoms. The van der Waals surface area contributed by atoms with Gasteiger partial charge in [0.1, 0.15) is 28.1 Å². The molecule has 0 aliphatic carbocycles. The number of thiophene rings is 1. The van der Waals surface area contributed by atoms with Gasteiger partial charge in [0.05, 0.1) is 10.2 Å². The molecule has 9 heteroatoms. The normalized spacial score (nSPS) is 12.2. The standard InChI is InChI=1S/C22H23BrClN3O3S/c1-5-7-13(26-21(28)30-22(2,3)4)10-16-18(23)19-20(29-16)15(11-17(24)27-19)25-12-14-8-6-9-31-14/h6,8-9,11,13H,10,12H2,1-4H3,(H,25,27)(H,26,28). The Labute approximate surface area is 198 Å². The Hall–Kier alpha value is -2.21. The summed E-state index contributed by atoms with van der Waals surface area (Å²) in [6, 6.07) is 5.30. The van der Waals surface area contributed by atoms with E-state index in [-0.39, 0.29) is 0 Å². The van der Waals surface area contributed by atoms with Gasteiger partial charge in [-0.2, -0.15) is 0 Å². The van der Waals surface area contributed by atoms with Gasteiger partial charge in [0, 0.05) is 23.9 Å². The molecule has 0 bridgehead atoms. The van der Waals surface area contributed by atoms with Crippen LogP contribution in [0.25, 0.3) is 11.1 Å². The number of furan rings is 1. The summed E-state index contributed by atoms with van der Waals surface area (Å²) in [7, 11) is 0. The summed E-state index contributed by atoms with van der Waals surface area (Å²) < 4.78 is 12.2. The lowest BCUT2D eigenvalue weighted by Crippen LogP contribution is -2.39. The zero-order chi connectivity index (χ0) is 22.6. The van der Waals surface area contributed by atoms with Crippen molar-refractivity contribution in [3.8, 4) is 11.8 Å². The van der Waals surface area contributed by atoms with E-state index in [4.69, 9.17) is 20.8 Å². The zero-order valence-electron chi connectivity index (χ0n) is 17.6. The third-order valence-corrected chi connectivity index (χ3v) is 5.94. The van der Waals surface area contributed by atoms with Crippen LogP contribution in [-0.4, -0.2) is 22.7 Å². The van der Waals surface area contributed by atoms with Crippen LogP contribution in [0.4, 0.5) is 10.5 Å². The first-order valence-corrected chi connectivity index (χ1v) is 11.7. The first kappa shape index (κ1) is 23.5. The minimum Gasteiger partial charge on any atom is -0.456 e. The summed E-state index contributed by atoms with van der Waals surface area (Å²) in [6.45, 7) is 7.78. The van der Waals surface area contributed by atoms with E-state index in [9.17, 15) is 4.79 Å². The van der Waals surface area contributed by atoms with Crippen LogP contribution in [0.1, 0.15) is 38.3 Å². The highest BCUT2D eigenvalue weighted by molar-refractivity contribution is 9.10. The topological polar surface area (TPSA) is 76.4 Å². The van der Waals surface area contributed by atoms with Gasteiger partial charge in [-0.15, -0.1) is 17.3 Å². The molecule has 0 radical (unpaired) electrons. The second-order valence-corrected chi connectivity index (χ2v) is 9.95. The Morgan fingerprint density at radius 3 is 2.87 bits per heavy atom. The Bertz CT molecular complexity index is 1130.